The minimum atomic E-state index is -1.61. The zero-order chi connectivity index (χ0) is 15.9. The molecule has 4 rings (SSSR count). The SMILES string of the molecule is O=C(NCC1C2CNCC21)C(O)(c1ccccc1)c1cccs1. The summed E-state index contributed by atoms with van der Waals surface area (Å²) in [5, 5.41) is 19.5. The largest absolute Gasteiger partial charge is 0.371 e. The molecule has 1 aromatic heterocycles. The van der Waals surface area contributed by atoms with Gasteiger partial charge >= 0.3 is 0 Å². The molecule has 0 spiro atoms. The fourth-order valence-corrected chi connectivity index (χ4v) is 4.58. The fraction of sp³-hybridized carbons (Fsp3) is 0.389. The maximum Gasteiger partial charge on any atom is 0.262 e. The highest BCUT2D eigenvalue weighted by Gasteiger charge is 2.53. The minimum Gasteiger partial charge on any atom is -0.371 e. The highest BCUT2D eigenvalue weighted by molar-refractivity contribution is 7.10. The van der Waals surface area contributed by atoms with Crippen LogP contribution >= 0.6 is 11.3 Å². The monoisotopic (exact) mass is 328 g/mol. The van der Waals surface area contributed by atoms with Gasteiger partial charge < -0.3 is 15.7 Å². The maximum atomic E-state index is 12.8. The Balaban J connectivity index is 1.54. The van der Waals surface area contributed by atoms with E-state index >= 15 is 0 Å². The van der Waals surface area contributed by atoms with E-state index in [9.17, 15) is 9.90 Å². The van der Waals surface area contributed by atoms with Gasteiger partial charge in [0.15, 0.2) is 0 Å². The summed E-state index contributed by atoms with van der Waals surface area (Å²) in [6.07, 6.45) is 0. The molecule has 0 bridgehead atoms. The number of carbonyl (C=O) groups is 1. The highest BCUT2D eigenvalue weighted by Crippen LogP contribution is 2.48. The first-order valence-electron chi connectivity index (χ1n) is 8.02. The summed E-state index contributed by atoms with van der Waals surface area (Å²) in [4.78, 5) is 13.5. The molecule has 120 valence electrons. The van der Waals surface area contributed by atoms with E-state index in [0.717, 1.165) is 13.1 Å². The van der Waals surface area contributed by atoms with Gasteiger partial charge in [0, 0.05) is 6.54 Å². The Morgan fingerprint density at radius 2 is 1.96 bits per heavy atom. The van der Waals surface area contributed by atoms with Gasteiger partial charge in [0.1, 0.15) is 0 Å². The van der Waals surface area contributed by atoms with Crippen LogP contribution in [0, 0.1) is 17.8 Å². The molecule has 1 amide bonds. The third-order valence-electron chi connectivity index (χ3n) is 5.17. The Kier molecular flexibility index (Phi) is 3.71. The molecule has 1 saturated carbocycles. The average Bonchev–Trinajstić information content (AvgIpc) is 3.02. The van der Waals surface area contributed by atoms with Crippen molar-refractivity contribution in [1.82, 2.24) is 10.6 Å². The van der Waals surface area contributed by atoms with Gasteiger partial charge in [-0.05, 0) is 47.9 Å². The summed E-state index contributed by atoms with van der Waals surface area (Å²) in [5.74, 6) is 1.62. The van der Waals surface area contributed by atoms with E-state index in [0.29, 0.717) is 34.7 Å². The number of hydrogen-bond acceptors (Lipinski definition) is 4. The third kappa shape index (κ3) is 2.49. The van der Waals surface area contributed by atoms with Crippen LogP contribution in [0.15, 0.2) is 47.8 Å². The summed E-state index contributed by atoms with van der Waals surface area (Å²) in [7, 11) is 0. The predicted molar refractivity (Wildman–Crippen MR) is 90.1 cm³/mol. The maximum absolute atomic E-state index is 12.8. The molecule has 23 heavy (non-hydrogen) atoms. The number of nitrogens with one attached hydrogen (secondary N) is 2. The van der Waals surface area contributed by atoms with E-state index < -0.39 is 5.60 Å². The molecule has 1 aliphatic carbocycles. The van der Waals surface area contributed by atoms with Gasteiger partial charge in [-0.15, -0.1) is 11.3 Å². The second kappa shape index (κ2) is 5.74. The predicted octanol–water partition coefficient (Wildman–Crippen LogP) is 1.57. The van der Waals surface area contributed by atoms with Crippen molar-refractivity contribution in [2.45, 2.75) is 5.60 Å². The van der Waals surface area contributed by atoms with Crippen molar-refractivity contribution in [3.05, 3.63) is 58.3 Å². The quantitative estimate of drug-likeness (QED) is 0.781. The topological polar surface area (TPSA) is 61.4 Å². The normalized spacial score (nSPS) is 28.0. The lowest BCUT2D eigenvalue weighted by atomic mass is 9.91. The Bertz CT molecular complexity index is 678. The number of piperidine rings is 1. The first-order chi connectivity index (χ1) is 11.2. The number of thiophene rings is 1. The number of fused-ring (bicyclic) bond motifs is 1. The minimum absolute atomic E-state index is 0.330. The van der Waals surface area contributed by atoms with Crippen LogP contribution < -0.4 is 10.6 Å². The summed E-state index contributed by atoms with van der Waals surface area (Å²) < 4.78 is 0. The summed E-state index contributed by atoms with van der Waals surface area (Å²) in [6, 6.07) is 12.8. The Morgan fingerprint density at radius 1 is 1.22 bits per heavy atom. The smallest absolute Gasteiger partial charge is 0.262 e. The van der Waals surface area contributed by atoms with Crippen LogP contribution in [0.5, 0.6) is 0 Å². The zero-order valence-electron chi connectivity index (χ0n) is 12.7. The zero-order valence-corrected chi connectivity index (χ0v) is 13.6. The van der Waals surface area contributed by atoms with Gasteiger partial charge in [-0.3, -0.25) is 4.79 Å². The first-order valence-corrected chi connectivity index (χ1v) is 8.90. The van der Waals surface area contributed by atoms with E-state index in [4.69, 9.17) is 0 Å². The molecule has 2 heterocycles. The van der Waals surface area contributed by atoms with Crippen molar-refractivity contribution in [2.24, 2.45) is 17.8 Å². The van der Waals surface area contributed by atoms with Gasteiger partial charge in [-0.1, -0.05) is 36.4 Å². The number of carbonyl (C=O) groups excluding carboxylic acids is 1. The number of rotatable bonds is 5. The lowest BCUT2D eigenvalue weighted by Gasteiger charge is -2.26. The standard InChI is InChI=1S/C18H20N2O2S/c21-17(20-11-15-13-9-19-10-14(13)15)18(22,16-7-4-8-23-16)12-5-2-1-3-6-12/h1-8,13-15,19,22H,9-11H2,(H,20,21). The van der Waals surface area contributed by atoms with Crippen LogP contribution in [-0.2, 0) is 10.4 Å². The second-order valence-electron chi connectivity index (χ2n) is 6.41. The molecule has 4 nitrogen and oxygen atoms in total. The number of benzene rings is 1. The molecule has 3 N–H and O–H groups in total. The van der Waals surface area contributed by atoms with E-state index in [-0.39, 0.29) is 5.91 Å². The van der Waals surface area contributed by atoms with Crippen molar-refractivity contribution in [2.75, 3.05) is 19.6 Å². The van der Waals surface area contributed by atoms with Crippen molar-refractivity contribution in [1.29, 1.82) is 0 Å². The highest BCUT2D eigenvalue weighted by atomic mass is 32.1. The van der Waals surface area contributed by atoms with Crippen molar-refractivity contribution in [3.63, 3.8) is 0 Å². The van der Waals surface area contributed by atoms with E-state index in [2.05, 4.69) is 10.6 Å². The summed E-state index contributed by atoms with van der Waals surface area (Å²) in [6.45, 7) is 2.76. The molecule has 1 saturated heterocycles. The molecule has 1 aromatic carbocycles. The Morgan fingerprint density at radius 3 is 2.61 bits per heavy atom. The first kappa shape index (κ1) is 14.9. The lowest BCUT2D eigenvalue weighted by molar-refractivity contribution is -0.136. The number of hydrogen-bond donors (Lipinski definition) is 3. The number of aliphatic hydroxyl groups is 1. The molecule has 2 aromatic rings. The number of amides is 1. The van der Waals surface area contributed by atoms with Crippen LogP contribution in [0.2, 0.25) is 0 Å². The molecule has 3 atom stereocenters. The molecule has 2 fully saturated rings. The molecule has 1 aliphatic heterocycles. The van der Waals surface area contributed by atoms with Gasteiger partial charge in [0.2, 0.25) is 5.60 Å². The lowest BCUT2D eigenvalue weighted by Crippen LogP contribution is -2.45. The van der Waals surface area contributed by atoms with E-state index in [1.165, 1.54) is 11.3 Å². The van der Waals surface area contributed by atoms with Crippen molar-refractivity contribution >= 4 is 17.2 Å². The molecular weight excluding hydrogens is 308 g/mol. The Hall–Kier alpha value is -1.69. The van der Waals surface area contributed by atoms with Crippen LogP contribution in [-0.4, -0.2) is 30.6 Å². The van der Waals surface area contributed by atoms with Gasteiger partial charge in [0.05, 0.1) is 4.88 Å². The fourth-order valence-electron chi connectivity index (χ4n) is 3.74. The summed E-state index contributed by atoms with van der Waals surface area (Å²) in [5.41, 5.74) is -1.00. The van der Waals surface area contributed by atoms with Crippen LogP contribution in [0.3, 0.4) is 0 Å². The average molecular weight is 328 g/mol. The van der Waals surface area contributed by atoms with Crippen molar-refractivity contribution < 1.29 is 9.90 Å². The van der Waals surface area contributed by atoms with Crippen LogP contribution in [0.4, 0.5) is 0 Å². The van der Waals surface area contributed by atoms with Crippen molar-refractivity contribution in [3.8, 4) is 0 Å². The molecule has 0 radical (unpaired) electrons. The van der Waals surface area contributed by atoms with E-state index in [1.807, 2.05) is 35.7 Å². The van der Waals surface area contributed by atoms with Crippen LogP contribution in [0.1, 0.15) is 10.4 Å². The second-order valence-corrected chi connectivity index (χ2v) is 7.36. The van der Waals surface area contributed by atoms with Gasteiger partial charge in [-0.2, -0.15) is 0 Å². The third-order valence-corrected chi connectivity index (χ3v) is 6.14. The van der Waals surface area contributed by atoms with E-state index in [1.54, 1.807) is 12.1 Å². The molecule has 2 aliphatic rings. The molecule has 5 heteroatoms. The van der Waals surface area contributed by atoms with Crippen LogP contribution in [0.25, 0.3) is 0 Å². The van der Waals surface area contributed by atoms with Gasteiger partial charge in [0.25, 0.3) is 5.91 Å². The Labute approximate surface area is 139 Å². The summed E-state index contributed by atoms with van der Waals surface area (Å²) >= 11 is 1.40. The molecular formula is C18H20N2O2S. The molecule has 3 unspecified atom stereocenters. The van der Waals surface area contributed by atoms with Gasteiger partial charge in [-0.25, -0.2) is 0 Å².